The van der Waals surface area contributed by atoms with Crippen molar-refractivity contribution in [2.45, 2.75) is 44.5 Å². The van der Waals surface area contributed by atoms with Crippen LogP contribution in [0.4, 0.5) is 0 Å². The van der Waals surface area contributed by atoms with Crippen molar-refractivity contribution in [1.29, 1.82) is 0 Å². The van der Waals surface area contributed by atoms with Gasteiger partial charge in [-0.05, 0) is 35.2 Å². The normalized spacial score (nSPS) is 11.5. The fourth-order valence-corrected chi connectivity index (χ4v) is 4.85. The summed E-state index contributed by atoms with van der Waals surface area (Å²) in [4.78, 5) is 28.7. The minimum absolute atomic E-state index is 0.0223. The molecule has 0 bridgehead atoms. The Bertz CT molecular complexity index is 1080. The number of amides is 2. The van der Waals surface area contributed by atoms with Crippen LogP contribution in [-0.4, -0.2) is 42.2 Å². The van der Waals surface area contributed by atoms with Crippen LogP contribution in [0.1, 0.15) is 36.5 Å². The second-order valence-electron chi connectivity index (χ2n) is 8.66. The summed E-state index contributed by atoms with van der Waals surface area (Å²) in [7, 11) is 1.63. The molecule has 0 heterocycles. The zero-order valence-electron chi connectivity index (χ0n) is 21.2. The number of carbonyl (C=O) groups is 2. The molecule has 0 saturated heterocycles. The molecular formula is C30H36N2O3S. The molecular weight excluding hydrogens is 468 g/mol. The Morgan fingerprint density at radius 3 is 2.25 bits per heavy atom. The summed E-state index contributed by atoms with van der Waals surface area (Å²) in [6.45, 7) is 2.95. The molecule has 0 aliphatic heterocycles. The Hall–Kier alpha value is -3.25. The number of nitrogens with zero attached hydrogens (tertiary/aromatic N) is 1. The van der Waals surface area contributed by atoms with E-state index in [1.54, 1.807) is 23.8 Å². The van der Waals surface area contributed by atoms with Gasteiger partial charge in [0, 0.05) is 37.4 Å². The topological polar surface area (TPSA) is 58.6 Å². The average molecular weight is 505 g/mol. The van der Waals surface area contributed by atoms with Gasteiger partial charge in [0.2, 0.25) is 11.8 Å². The molecule has 3 aromatic carbocycles. The molecule has 0 aliphatic rings. The highest BCUT2D eigenvalue weighted by atomic mass is 32.2. The molecule has 0 aliphatic carbocycles. The van der Waals surface area contributed by atoms with Crippen LogP contribution in [0.15, 0.2) is 84.9 Å². The minimum Gasteiger partial charge on any atom is -0.497 e. The van der Waals surface area contributed by atoms with Crippen LogP contribution < -0.4 is 10.1 Å². The lowest BCUT2D eigenvalue weighted by molar-refractivity contribution is -0.141. The fourth-order valence-electron chi connectivity index (χ4n) is 3.95. The number of hydrogen-bond acceptors (Lipinski definition) is 4. The molecule has 1 atom stereocenters. The number of methoxy groups -OCH3 is 1. The van der Waals surface area contributed by atoms with E-state index in [1.165, 1.54) is 5.56 Å². The summed E-state index contributed by atoms with van der Waals surface area (Å²) in [5, 5.41) is 3.02. The van der Waals surface area contributed by atoms with Crippen LogP contribution in [0, 0.1) is 0 Å². The van der Waals surface area contributed by atoms with Crippen molar-refractivity contribution in [2.24, 2.45) is 0 Å². The van der Waals surface area contributed by atoms with Crippen molar-refractivity contribution < 1.29 is 14.3 Å². The first-order valence-electron chi connectivity index (χ1n) is 12.5. The molecule has 190 valence electrons. The fraction of sp³-hybridized carbons (Fsp3) is 0.333. The average Bonchev–Trinajstić information content (AvgIpc) is 2.92. The van der Waals surface area contributed by atoms with Crippen molar-refractivity contribution in [3.05, 3.63) is 102 Å². The quantitative estimate of drug-likeness (QED) is 0.295. The first-order chi connectivity index (χ1) is 17.6. The van der Waals surface area contributed by atoms with Crippen molar-refractivity contribution in [2.75, 3.05) is 19.4 Å². The second-order valence-corrected chi connectivity index (χ2v) is 9.76. The molecule has 0 saturated carbocycles. The molecule has 0 fully saturated rings. The van der Waals surface area contributed by atoms with Gasteiger partial charge >= 0.3 is 0 Å². The predicted octanol–water partition coefficient (Wildman–Crippen LogP) is 5.48. The van der Waals surface area contributed by atoms with Gasteiger partial charge in [-0.3, -0.25) is 9.59 Å². The van der Waals surface area contributed by atoms with Crippen molar-refractivity contribution in [1.82, 2.24) is 10.2 Å². The summed E-state index contributed by atoms with van der Waals surface area (Å²) >= 11 is 1.73. The lowest BCUT2D eigenvalue weighted by atomic mass is 10.0. The van der Waals surface area contributed by atoms with Crippen LogP contribution in [-0.2, 0) is 28.3 Å². The third kappa shape index (κ3) is 8.76. The second kappa shape index (κ2) is 15.0. The van der Waals surface area contributed by atoms with E-state index in [1.807, 2.05) is 79.7 Å². The third-order valence-electron chi connectivity index (χ3n) is 5.88. The van der Waals surface area contributed by atoms with Crippen LogP contribution in [0.25, 0.3) is 0 Å². The van der Waals surface area contributed by atoms with E-state index in [0.29, 0.717) is 31.7 Å². The van der Waals surface area contributed by atoms with E-state index in [0.717, 1.165) is 29.1 Å². The molecule has 36 heavy (non-hydrogen) atoms. The molecule has 0 spiro atoms. The first-order valence-corrected chi connectivity index (χ1v) is 13.6. The van der Waals surface area contributed by atoms with Gasteiger partial charge in [-0.15, -0.1) is 0 Å². The van der Waals surface area contributed by atoms with E-state index in [9.17, 15) is 9.59 Å². The molecule has 3 rings (SSSR count). The molecule has 6 heteroatoms. The van der Waals surface area contributed by atoms with Gasteiger partial charge in [0.25, 0.3) is 0 Å². The maximum Gasteiger partial charge on any atom is 0.243 e. The molecule has 0 unspecified atom stereocenters. The number of rotatable bonds is 14. The highest BCUT2D eigenvalue weighted by molar-refractivity contribution is 7.98. The van der Waals surface area contributed by atoms with Gasteiger partial charge in [-0.1, -0.05) is 79.7 Å². The van der Waals surface area contributed by atoms with E-state index in [-0.39, 0.29) is 11.8 Å². The van der Waals surface area contributed by atoms with E-state index in [4.69, 9.17) is 4.74 Å². The predicted molar refractivity (Wildman–Crippen MR) is 148 cm³/mol. The van der Waals surface area contributed by atoms with Gasteiger partial charge in [0.05, 0.1) is 7.11 Å². The van der Waals surface area contributed by atoms with Crippen LogP contribution in [0.3, 0.4) is 0 Å². The molecule has 3 aromatic rings. The zero-order chi connectivity index (χ0) is 25.6. The maximum absolute atomic E-state index is 13.6. The summed E-state index contributed by atoms with van der Waals surface area (Å²) in [6, 6.07) is 27.2. The summed E-state index contributed by atoms with van der Waals surface area (Å²) in [5.74, 6) is 2.14. The van der Waals surface area contributed by atoms with Gasteiger partial charge in [-0.25, -0.2) is 0 Å². The Balaban J connectivity index is 1.80. The lowest BCUT2D eigenvalue weighted by Crippen LogP contribution is -2.50. The number of carbonyl (C=O) groups excluding carboxylic acids is 2. The highest BCUT2D eigenvalue weighted by Gasteiger charge is 2.30. The molecule has 5 nitrogen and oxygen atoms in total. The lowest BCUT2D eigenvalue weighted by Gasteiger charge is -2.31. The van der Waals surface area contributed by atoms with Crippen LogP contribution in [0.5, 0.6) is 5.75 Å². The van der Waals surface area contributed by atoms with Gasteiger partial charge in [0.15, 0.2) is 0 Å². The first kappa shape index (κ1) is 27.3. The van der Waals surface area contributed by atoms with Crippen molar-refractivity contribution >= 4 is 23.6 Å². The number of hydrogen-bond donors (Lipinski definition) is 1. The Morgan fingerprint density at radius 2 is 1.58 bits per heavy atom. The van der Waals surface area contributed by atoms with Gasteiger partial charge in [-0.2, -0.15) is 11.8 Å². The molecule has 0 aromatic heterocycles. The monoisotopic (exact) mass is 504 g/mol. The molecule has 0 radical (unpaired) electrons. The largest absolute Gasteiger partial charge is 0.497 e. The number of ether oxygens (including phenoxy) is 1. The minimum atomic E-state index is -0.600. The van der Waals surface area contributed by atoms with E-state index < -0.39 is 6.04 Å². The van der Waals surface area contributed by atoms with Crippen LogP contribution in [0.2, 0.25) is 0 Å². The third-order valence-corrected chi connectivity index (χ3v) is 6.91. The Labute approximate surface area is 219 Å². The zero-order valence-corrected chi connectivity index (χ0v) is 22.0. The van der Waals surface area contributed by atoms with E-state index >= 15 is 0 Å². The Morgan fingerprint density at radius 1 is 0.917 bits per heavy atom. The number of nitrogens with one attached hydrogen (secondary N) is 1. The highest BCUT2D eigenvalue weighted by Crippen LogP contribution is 2.20. The number of benzene rings is 3. The standard InChI is InChI=1S/C30H36N2O3S/c1-3-18-31-30(34)28(21-24-11-6-4-7-12-24)32(22-26-15-10-16-27(20-26)35-2)29(33)17-19-36-23-25-13-8-5-9-14-25/h4-16,20,28H,3,17-19,21-23H2,1-2H3,(H,31,34)/t28-/m0/s1. The van der Waals surface area contributed by atoms with Crippen molar-refractivity contribution in [3.8, 4) is 5.75 Å². The van der Waals surface area contributed by atoms with Gasteiger partial charge < -0.3 is 15.0 Å². The molecule has 1 N–H and O–H groups in total. The van der Waals surface area contributed by atoms with E-state index in [2.05, 4.69) is 17.4 Å². The summed E-state index contributed by atoms with van der Waals surface area (Å²) in [5.41, 5.74) is 3.20. The smallest absolute Gasteiger partial charge is 0.243 e. The summed E-state index contributed by atoms with van der Waals surface area (Å²) < 4.78 is 5.39. The number of thioether (sulfide) groups is 1. The SMILES string of the molecule is CCCNC(=O)[C@H](Cc1ccccc1)N(Cc1cccc(OC)c1)C(=O)CCSCc1ccccc1. The molecule has 2 amide bonds. The van der Waals surface area contributed by atoms with Gasteiger partial charge in [0.1, 0.15) is 11.8 Å². The van der Waals surface area contributed by atoms with Crippen molar-refractivity contribution in [3.63, 3.8) is 0 Å². The maximum atomic E-state index is 13.6. The van der Waals surface area contributed by atoms with Crippen LogP contribution >= 0.6 is 11.8 Å². The summed E-state index contributed by atoms with van der Waals surface area (Å²) in [6.07, 6.45) is 1.67. The Kier molecular flexibility index (Phi) is 11.4.